The van der Waals surface area contributed by atoms with Crippen LogP contribution in [0.2, 0.25) is 0 Å². The SMILES string of the molecule is Cc1oc(-c2ccccc2)nc1CC(=O)NCc1cccc(NC(=O)C2CC2)c1. The number of amides is 2. The van der Waals surface area contributed by atoms with Gasteiger partial charge in [-0.15, -0.1) is 0 Å². The minimum absolute atomic E-state index is 0.0712. The van der Waals surface area contributed by atoms with Crippen LogP contribution in [0.5, 0.6) is 0 Å². The van der Waals surface area contributed by atoms with Crippen LogP contribution < -0.4 is 10.6 Å². The van der Waals surface area contributed by atoms with Gasteiger partial charge in [0.05, 0.1) is 12.1 Å². The Morgan fingerprint density at radius 2 is 1.90 bits per heavy atom. The molecule has 2 amide bonds. The molecule has 2 aromatic carbocycles. The van der Waals surface area contributed by atoms with Gasteiger partial charge in [0.2, 0.25) is 17.7 Å². The van der Waals surface area contributed by atoms with Gasteiger partial charge in [-0.3, -0.25) is 9.59 Å². The minimum atomic E-state index is -0.131. The zero-order valence-corrected chi connectivity index (χ0v) is 16.3. The Balaban J connectivity index is 1.33. The van der Waals surface area contributed by atoms with Gasteiger partial charge in [0.25, 0.3) is 0 Å². The molecule has 0 atom stereocenters. The Hall–Kier alpha value is -3.41. The number of aryl methyl sites for hydroxylation is 1. The standard InChI is InChI=1S/C23H23N3O3/c1-15-20(26-23(29-15)18-7-3-2-4-8-18)13-21(27)24-14-16-6-5-9-19(12-16)25-22(28)17-10-11-17/h2-9,12,17H,10-11,13-14H2,1H3,(H,24,27)(H,25,28). The zero-order chi connectivity index (χ0) is 20.2. The largest absolute Gasteiger partial charge is 0.441 e. The monoisotopic (exact) mass is 389 g/mol. The van der Waals surface area contributed by atoms with E-state index in [1.54, 1.807) is 0 Å². The summed E-state index contributed by atoms with van der Waals surface area (Å²) in [4.78, 5) is 28.7. The fourth-order valence-corrected chi connectivity index (χ4v) is 3.06. The fourth-order valence-electron chi connectivity index (χ4n) is 3.06. The second kappa shape index (κ2) is 8.31. The van der Waals surface area contributed by atoms with E-state index in [1.165, 1.54) is 0 Å². The molecule has 0 bridgehead atoms. The van der Waals surface area contributed by atoms with Crippen molar-refractivity contribution in [2.75, 3.05) is 5.32 Å². The van der Waals surface area contributed by atoms with Crippen molar-refractivity contribution < 1.29 is 14.0 Å². The molecule has 1 aliphatic carbocycles. The quantitative estimate of drug-likeness (QED) is 0.643. The van der Waals surface area contributed by atoms with Crippen LogP contribution in [-0.4, -0.2) is 16.8 Å². The second-order valence-corrected chi connectivity index (χ2v) is 7.31. The molecule has 1 aromatic heterocycles. The third-order valence-corrected chi connectivity index (χ3v) is 4.87. The average molecular weight is 389 g/mol. The van der Waals surface area contributed by atoms with Crippen molar-refractivity contribution in [2.45, 2.75) is 32.7 Å². The number of hydrogen-bond donors (Lipinski definition) is 2. The summed E-state index contributed by atoms with van der Waals surface area (Å²) in [5.74, 6) is 1.26. The first kappa shape index (κ1) is 18.9. The van der Waals surface area contributed by atoms with Crippen molar-refractivity contribution in [2.24, 2.45) is 5.92 Å². The molecule has 1 heterocycles. The molecule has 2 N–H and O–H groups in total. The van der Waals surface area contributed by atoms with Gasteiger partial charge >= 0.3 is 0 Å². The molecule has 29 heavy (non-hydrogen) atoms. The molecule has 4 rings (SSSR count). The summed E-state index contributed by atoms with van der Waals surface area (Å²) >= 11 is 0. The van der Waals surface area contributed by atoms with Crippen LogP contribution in [0.3, 0.4) is 0 Å². The number of carbonyl (C=O) groups is 2. The highest BCUT2D eigenvalue weighted by molar-refractivity contribution is 5.94. The normalized spacial score (nSPS) is 13.1. The number of carbonyl (C=O) groups excluding carboxylic acids is 2. The maximum absolute atomic E-state index is 12.4. The van der Waals surface area contributed by atoms with Crippen LogP contribution in [0.4, 0.5) is 5.69 Å². The lowest BCUT2D eigenvalue weighted by atomic mass is 10.2. The third-order valence-electron chi connectivity index (χ3n) is 4.87. The topological polar surface area (TPSA) is 84.2 Å². The van der Waals surface area contributed by atoms with Crippen molar-refractivity contribution in [3.8, 4) is 11.5 Å². The number of aromatic nitrogens is 1. The van der Waals surface area contributed by atoms with Gasteiger partial charge in [-0.2, -0.15) is 0 Å². The van der Waals surface area contributed by atoms with E-state index in [-0.39, 0.29) is 24.2 Å². The van der Waals surface area contributed by atoms with Crippen LogP contribution >= 0.6 is 0 Å². The first-order chi connectivity index (χ1) is 14.1. The number of rotatable bonds is 7. The van der Waals surface area contributed by atoms with Crippen LogP contribution in [0.1, 0.15) is 29.9 Å². The van der Waals surface area contributed by atoms with E-state index in [1.807, 2.05) is 61.5 Å². The third kappa shape index (κ3) is 4.90. The number of anilines is 1. The number of hydrogen-bond acceptors (Lipinski definition) is 4. The van der Waals surface area contributed by atoms with Crippen molar-refractivity contribution in [1.29, 1.82) is 0 Å². The Kier molecular flexibility index (Phi) is 5.42. The lowest BCUT2D eigenvalue weighted by Gasteiger charge is -2.08. The first-order valence-electron chi connectivity index (χ1n) is 9.77. The Morgan fingerprint density at radius 3 is 2.66 bits per heavy atom. The Morgan fingerprint density at radius 1 is 1.10 bits per heavy atom. The molecular formula is C23H23N3O3. The molecule has 1 fully saturated rings. The van der Waals surface area contributed by atoms with E-state index in [2.05, 4.69) is 15.6 Å². The van der Waals surface area contributed by atoms with Crippen molar-refractivity contribution >= 4 is 17.5 Å². The van der Waals surface area contributed by atoms with Gasteiger partial charge in [0.15, 0.2) is 0 Å². The molecule has 1 aliphatic rings. The summed E-state index contributed by atoms with van der Waals surface area (Å²) in [6, 6.07) is 17.1. The van der Waals surface area contributed by atoms with Crippen LogP contribution in [0, 0.1) is 12.8 Å². The fraction of sp³-hybridized carbons (Fsp3) is 0.261. The van der Waals surface area contributed by atoms with E-state index in [0.717, 1.165) is 29.7 Å². The average Bonchev–Trinajstić information content (AvgIpc) is 3.52. The highest BCUT2D eigenvalue weighted by Gasteiger charge is 2.29. The van der Waals surface area contributed by atoms with Crippen molar-refractivity contribution in [3.63, 3.8) is 0 Å². The molecule has 6 nitrogen and oxygen atoms in total. The highest BCUT2D eigenvalue weighted by Crippen LogP contribution is 2.30. The number of oxazole rings is 1. The second-order valence-electron chi connectivity index (χ2n) is 7.31. The molecule has 0 radical (unpaired) electrons. The van der Waals surface area contributed by atoms with Gasteiger partial charge < -0.3 is 15.1 Å². The van der Waals surface area contributed by atoms with Gasteiger partial charge in [0, 0.05) is 23.7 Å². The smallest absolute Gasteiger partial charge is 0.227 e. The van der Waals surface area contributed by atoms with Gasteiger partial charge in [-0.1, -0.05) is 30.3 Å². The van der Waals surface area contributed by atoms with E-state index in [4.69, 9.17) is 4.42 Å². The van der Waals surface area contributed by atoms with E-state index in [0.29, 0.717) is 23.9 Å². The molecule has 0 spiro atoms. The predicted octanol–water partition coefficient (Wildman–Crippen LogP) is 3.86. The summed E-state index contributed by atoms with van der Waals surface area (Å²) in [5, 5.41) is 5.83. The number of benzene rings is 2. The van der Waals surface area contributed by atoms with Crippen LogP contribution in [-0.2, 0) is 22.6 Å². The lowest BCUT2D eigenvalue weighted by molar-refractivity contribution is -0.120. The minimum Gasteiger partial charge on any atom is -0.441 e. The molecule has 0 unspecified atom stereocenters. The number of nitrogens with zero attached hydrogens (tertiary/aromatic N) is 1. The van der Waals surface area contributed by atoms with E-state index >= 15 is 0 Å². The summed E-state index contributed by atoms with van der Waals surface area (Å²) in [5.41, 5.74) is 3.20. The summed E-state index contributed by atoms with van der Waals surface area (Å²) in [7, 11) is 0. The van der Waals surface area contributed by atoms with Crippen LogP contribution in [0.15, 0.2) is 59.0 Å². The number of nitrogens with one attached hydrogen (secondary N) is 2. The van der Waals surface area contributed by atoms with Gasteiger partial charge in [0.1, 0.15) is 5.76 Å². The summed E-state index contributed by atoms with van der Waals surface area (Å²) < 4.78 is 5.71. The summed E-state index contributed by atoms with van der Waals surface area (Å²) in [6.07, 6.45) is 2.09. The van der Waals surface area contributed by atoms with Gasteiger partial charge in [-0.25, -0.2) is 4.98 Å². The lowest BCUT2D eigenvalue weighted by Crippen LogP contribution is -2.25. The first-order valence-corrected chi connectivity index (χ1v) is 9.77. The molecule has 3 aromatic rings. The Labute approximate surface area is 169 Å². The molecule has 0 saturated heterocycles. The zero-order valence-electron chi connectivity index (χ0n) is 16.3. The Bertz CT molecular complexity index is 1020. The molecule has 1 saturated carbocycles. The molecule has 148 valence electrons. The van der Waals surface area contributed by atoms with E-state index < -0.39 is 0 Å². The van der Waals surface area contributed by atoms with Crippen LogP contribution in [0.25, 0.3) is 11.5 Å². The van der Waals surface area contributed by atoms with Crippen molar-refractivity contribution in [1.82, 2.24) is 10.3 Å². The maximum Gasteiger partial charge on any atom is 0.227 e. The molecule has 0 aliphatic heterocycles. The highest BCUT2D eigenvalue weighted by atomic mass is 16.4. The molecular weight excluding hydrogens is 366 g/mol. The predicted molar refractivity (Wildman–Crippen MR) is 110 cm³/mol. The van der Waals surface area contributed by atoms with Crippen molar-refractivity contribution in [3.05, 3.63) is 71.6 Å². The van der Waals surface area contributed by atoms with Gasteiger partial charge in [-0.05, 0) is 49.6 Å². The van der Waals surface area contributed by atoms with E-state index in [9.17, 15) is 9.59 Å². The molecule has 6 heteroatoms. The maximum atomic E-state index is 12.4. The summed E-state index contributed by atoms with van der Waals surface area (Å²) in [6.45, 7) is 2.20.